The molecule has 4 heterocycles. The molecule has 4 aromatic rings. The smallest absolute Gasteiger partial charge is 0.295 e. The molecule has 162 valence electrons. The third-order valence-corrected chi connectivity index (χ3v) is 5.74. The number of nitrogens with one attached hydrogen (secondary N) is 1. The Morgan fingerprint density at radius 1 is 1.03 bits per heavy atom. The van der Waals surface area contributed by atoms with Crippen LogP contribution in [0, 0.1) is 13.8 Å². The highest BCUT2D eigenvalue weighted by molar-refractivity contribution is 6.45. The molecule has 32 heavy (non-hydrogen) atoms. The number of anilines is 1. The molecule has 1 N–H and O–H groups in total. The topological polar surface area (TPSA) is 108 Å². The molecule has 0 radical (unpaired) electrons. The quantitative estimate of drug-likeness (QED) is 0.392. The van der Waals surface area contributed by atoms with Crippen molar-refractivity contribution in [2.75, 3.05) is 31.1 Å². The summed E-state index contributed by atoms with van der Waals surface area (Å²) in [6, 6.07) is 11.3. The van der Waals surface area contributed by atoms with Crippen molar-refractivity contribution < 1.29 is 14.1 Å². The fourth-order valence-electron chi connectivity index (χ4n) is 4.08. The first-order chi connectivity index (χ1) is 15.5. The van der Waals surface area contributed by atoms with Crippen molar-refractivity contribution in [3.63, 3.8) is 0 Å². The highest BCUT2D eigenvalue weighted by atomic mass is 16.5. The molecule has 1 aliphatic heterocycles. The van der Waals surface area contributed by atoms with E-state index in [1.54, 1.807) is 18.0 Å². The molecule has 5 rings (SSSR count). The van der Waals surface area contributed by atoms with Gasteiger partial charge in [0.15, 0.2) is 0 Å². The summed E-state index contributed by atoms with van der Waals surface area (Å²) in [6.45, 7) is 5.67. The van der Waals surface area contributed by atoms with Gasteiger partial charge in [-0.3, -0.25) is 9.59 Å². The lowest BCUT2D eigenvalue weighted by molar-refractivity contribution is -0.126. The van der Waals surface area contributed by atoms with Crippen molar-refractivity contribution >= 4 is 28.4 Å². The van der Waals surface area contributed by atoms with Crippen LogP contribution in [-0.4, -0.2) is 62.9 Å². The van der Waals surface area contributed by atoms with Gasteiger partial charge in [-0.05, 0) is 25.1 Å². The van der Waals surface area contributed by atoms with Crippen LogP contribution < -0.4 is 4.90 Å². The summed E-state index contributed by atoms with van der Waals surface area (Å²) >= 11 is 0. The van der Waals surface area contributed by atoms with Crippen LogP contribution in [0.4, 0.5) is 5.82 Å². The van der Waals surface area contributed by atoms with E-state index < -0.39 is 11.7 Å². The molecule has 0 saturated carbocycles. The van der Waals surface area contributed by atoms with Gasteiger partial charge in [-0.25, -0.2) is 4.98 Å². The molecular formula is C23H22N6O3. The molecule has 0 bridgehead atoms. The largest absolute Gasteiger partial charge is 0.358 e. The monoisotopic (exact) mass is 430 g/mol. The number of para-hydroxylation sites is 1. The molecule has 3 aromatic heterocycles. The van der Waals surface area contributed by atoms with Gasteiger partial charge in [0, 0.05) is 61.5 Å². The second-order valence-electron chi connectivity index (χ2n) is 7.82. The number of aromatic amines is 1. The van der Waals surface area contributed by atoms with Gasteiger partial charge in [0.1, 0.15) is 5.82 Å². The minimum atomic E-state index is -0.466. The number of hydrogen-bond donors (Lipinski definition) is 1. The van der Waals surface area contributed by atoms with Crippen LogP contribution in [0.2, 0.25) is 0 Å². The highest BCUT2D eigenvalue weighted by Gasteiger charge is 2.30. The van der Waals surface area contributed by atoms with Crippen LogP contribution in [-0.2, 0) is 4.79 Å². The minimum absolute atomic E-state index is 0.458. The van der Waals surface area contributed by atoms with E-state index in [0.717, 1.165) is 22.3 Å². The van der Waals surface area contributed by atoms with Gasteiger partial charge in [0.25, 0.3) is 11.7 Å². The number of amides is 1. The number of pyridine rings is 1. The average Bonchev–Trinajstić information content (AvgIpc) is 3.40. The number of nitrogens with zero attached hydrogens (tertiary/aromatic N) is 5. The van der Waals surface area contributed by atoms with Crippen molar-refractivity contribution in [1.82, 2.24) is 25.0 Å². The summed E-state index contributed by atoms with van der Waals surface area (Å²) in [5, 5.41) is 4.68. The van der Waals surface area contributed by atoms with Crippen LogP contribution >= 0.6 is 0 Å². The highest BCUT2D eigenvalue weighted by Crippen LogP contribution is 2.24. The van der Waals surface area contributed by atoms with E-state index in [1.165, 1.54) is 0 Å². The van der Waals surface area contributed by atoms with Crippen LogP contribution in [0.1, 0.15) is 21.9 Å². The van der Waals surface area contributed by atoms with Gasteiger partial charge in [-0.1, -0.05) is 23.4 Å². The van der Waals surface area contributed by atoms with Crippen molar-refractivity contribution in [2.24, 2.45) is 0 Å². The van der Waals surface area contributed by atoms with Crippen LogP contribution in [0.15, 0.2) is 47.1 Å². The van der Waals surface area contributed by atoms with E-state index in [0.29, 0.717) is 49.2 Å². The molecule has 9 heteroatoms. The Hall–Kier alpha value is -4.01. The summed E-state index contributed by atoms with van der Waals surface area (Å²) in [7, 11) is 0. The maximum absolute atomic E-state index is 13.0. The zero-order chi connectivity index (χ0) is 22.2. The van der Waals surface area contributed by atoms with Gasteiger partial charge in [-0.2, -0.15) is 4.98 Å². The Morgan fingerprint density at radius 2 is 1.81 bits per heavy atom. The summed E-state index contributed by atoms with van der Waals surface area (Å²) < 4.78 is 5.01. The van der Waals surface area contributed by atoms with Gasteiger partial charge in [-0.15, -0.1) is 0 Å². The van der Waals surface area contributed by atoms with E-state index in [4.69, 9.17) is 4.52 Å². The predicted octanol–water partition coefficient (Wildman–Crippen LogP) is 2.76. The average molecular weight is 430 g/mol. The van der Waals surface area contributed by atoms with Gasteiger partial charge in [0.2, 0.25) is 11.7 Å². The molecule has 9 nitrogen and oxygen atoms in total. The van der Waals surface area contributed by atoms with Crippen molar-refractivity contribution in [3.05, 3.63) is 59.7 Å². The second-order valence-corrected chi connectivity index (χ2v) is 7.82. The lowest BCUT2D eigenvalue weighted by Crippen LogP contribution is -2.50. The molecular weight excluding hydrogens is 408 g/mol. The maximum Gasteiger partial charge on any atom is 0.295 e. The maximum atomic E-state index is 13.0. The molecule has 0 atom stereocenters. The minimum Gasteiger partial charge on any atom is -0.358 e. The molecule has 1 aromatic carbocycles. The van der Waals surface area contributed by atoms with Gasteiger partial charge < -0.3 is 19.3 Å². The molecule has 1 fully saturated rings. The van der Waals surface area contributed by atoms with Gasteiger partial charge in [0.05, 0.1) is 5.56 Å². The van der Waals surface area contributed by atoms with Crippen molar-refractivity contribution in [3.8, 4) is 11.4 Å². The number of aromatic nitrogens is 4. The number of H-pyrrole nitrogens is 1. The Kier molecular flexibility index (Phi) is 4.93. The Balaban J connectivity index is 1.25. The lowest BCUT2D eigenvalue weighted by atomic mass is 10.1. The SMILES string of the molecule is Cc1nc(-c2ccc(N3CCN(C(=O)C(=O)c4c(C)[nH]c5ccccc45)CC3)nc2)no1. The van der Waals surface area contributed by atoms with Crippen molar-refractivity contribution in [1.29, 1.82) is 0 Å². The standard InChI is InChI=1S/C23H22N6O3/c1-14-20(17-5-3-4-6-18(17)25-14)21(30)23(31)29-11-9-28(10-12-29)19-8-7-16(13-24-19)22-26-15(2)32-27-22/h3-8,13,25H,9-12H2,1-2H3. The van der Waals surface area contributed by atoms with Crippen LogP contribution in [0.25, 0.3) is 22.3 Å². The molecule has 1 amide bonds. The van der Waals surface area contributed by atoms with Gasteiger partial charge >= 0.3 is 0 Å². The summed E-state index contributed by atoms with van der Waals surface area (Å²) in [5.41, 5.74) is 2.81. The zero-order valence-corrected chi connectivity index (χ0v) is 17.8. The summed E-state index contributed by atoms with van der Waals surface area (Å²) in [4.78, 5) is 41.6. The van der Waals surface area contributed by atoms with E-state index in [-0.39, 0.29) is 0 Å². The third kappa shape index (κ3) is 3.51. The first-order valence-corrected chi connectivity index (χ1v) is 10.4. The lowest BCUT2D eigenvalue weighted by Gasteiger charge is -2.35. The van der Waals surface area contributed by atoms with E-state index >= 15 is 0 Å². The molecule has 0 spiro atoms. The number of Topliss-reactive ketones (excluding diaryl/α,β-unsaturated/α-hetero) is 1. The Bertz CT molecular complexity index is 1300. The first kappa shape index (κ1) is 19.9. The normalized spacial score (nSPS) is 14.2. The zero-order valence-electron chi connectivity index (χ0n) is 17.8. The number of ketones is 1. The summed E-state index contributed by atoms with van der Waals surface area (Å²) in [5.74, 6) is 0.879. The molecule has 1 saturated heterocycles. The number of piperazine rings is 1. The fraction of sp³-hybridized carbons (Fsp3) is 0.261. The summed E-state index contributed by atoms with van der Waals surface area (Å²) in [6.07, 6.45) is 1.71. The number of carbonyl (C=O) groups excluding carboxylic acids is 2. The number of benzene rings is 1. The molecule has 0 unspecified atom stereocenters. The van der Waals surface area contributed by atoms with Crippen molar-refractivity contribution in [2.45, 2.75) is 13.8 Å². The Morgan fingerprint density at radius 3 is 2.50 bits per heavy atom. The molecule has 0 aliphatic carbocycles. The Labute approximate surface area is 184 Å². The second kappa shape index (κ2) is 7.92. The van der Waals surface area contributed by atoms with E-state index in [9.17, 15) is 9.59 Å². The first-order valence-electron chi connectivity index (χ1n) is 10.4. The number of fused-ring (bicyclic) bond motifs is 1. The van der Waals surface area contributed by atoms with E-state index in [1.807, 2.05) is 43.3 Å². The van der Waals surface area contributed by atoms with Crippen LogP contribution in [0.3, 0.4) is 0 Å². The third-order valence-electron chi connectivity index (χ3n) is 5.74. The number of hydrogen-bond acceptors (Lipinski definition) is 7. The molecule has 1 aliphatic rings. The number of aryl methyl sites for hydroxylation is 2. The number of carbonyl (C=O) groups is 2. The predicted molar refractivity (Wildman–Crippen MR) is 118 cm³/mol. The fourth-order valence-corrected chi connectivity index (χ4v) is 4.08. The van der Waals surface area contributed by atoms with Crippen LogP contribution in [0.5, 0.6) is 0 Å². The van der Waals surface area contributed by atoms with E-state index in [2.05, 4.69) is 25.0 Å². The number of rotatable bonds is 4.